The molecule has 5 heteroatoms. The smallest absolute Gasteiger partial charge is 0.338 e. The Labute approximate surface area is 142 Å². The molecular formula is C19H26N2O3. The van der Waals surface area contributed by atoms with Crippen LogP contribution in [0.4, 0.5) is 4.79 Å². The number of nitrogens with one attached hydrogen (secondary N) is 1. The zero-order chi connectivity index (χ0) is 17.5. The van der Waals surface area contributed by atoms with Crippen LogP contribution in [-0.2, 0) is 11.3 Å². The van der Waals surface area contributed by atoms with Crippen molar-refractivity contribution in [2.24, 2.45) is 28.9 Å². The number of carbonyl (C=O) groups is 2. The van der Waals surface area contributed by atoms with E-state index >= 15 is 0 Å². The number of carbonyl (C=O) groups excluding carboxylic acids is 2. The van der Waals surface area contributed by atoms with Gasteiger partial charge in [-0.05, 0) is 53.7 Å². The molecule has 0 saturated heterocycles. The zero-order valence-corrected chi connectivity index (χ0v) is 14.5. The summed E-state index contributed by atoms with van der Waals surface area (Å²) in [4.78, 5) is 23.1. The van der Waals surface area contributed by atoms with Crippen molar-refractivity contribution in [3.63, 3.8) is 0 Å². The number of ether oxygens (including phenoxy) is 1. The first-order chi connectivity index (χ1) is 11.3. The lowest BCUT2D eigenvalue weighted by Crippen LogP contribution is -2.57. The van der Waals surface area contributed by atoms with E-state index in [-0.39, 0.29) is 12.1 Å². The molecule has 0 heterocycles. The Bertz CT molecular complexity index is 639. The number of amides is 2. The molecule has 0 aromatic heterocycles. The van der Waals surface area contributed by atoms with Crippen molar-refractivity contribution in [2.75, 3.05) is 0 Å². The van der Waals surface area contributed by atoms with Crippen molar-refractivity contribution >= 4 is 12.0 Å². The molecule has 0 spiro atoms. The number of fused-ring (bicyclic) bond motifs is 2. The van der Waals surface area contributed by atoms with Gasteiger partial charge in [0.15, 0.2) is 0 Å². The molecular weight excluding hydrogens is 304 g/mol. The SMILES string of the molecule is CC1C(OC(=O)c2ccc(CNC(N)=O)cc2)CC2CC1C2(C)C. The number of primary amides is 1. The Kier molecular flexibility index (Phi) is 4.28. The summed E-state index contributed by atoms with van der Waals surface area (Å²) < 4.78 is 5.79. The number of hydrogen-bond acceptors (Lipinski definition) is 3. The van der Waals surface area contributed by atoms with Crippen molar-refractivity contribution in [3.8, 4) is 0 Å². The standard InChI is InChI=1S/C19H26N2O3/c1-11-15-8-14(19(15,2)3)9-16(11)24-17(22)13-6-4-12(5-7-13)10-21-18(20)23/h4-7,11,14-16H,8-10H2,1-3H3,(H3,20,21,23). The number of nitrogens with two attached hydrogens (primary N) is 1. The number of esters is 1. The van der Waals surface area contributed by atoms with Gasteiger partial charge in [0.1, 0.15) is 6.10 Å². The van der Waals surface area contributed by atoms with Crippen LogP contribution >= 0.6 is 0 Å². The summed E-state index contributed by atoms with van der Waals surface area (Å²) in [5.74, 6) is 1.46. The predicted molar refractivity (Wildman–Crippen MR) is 91.2 cm³/mol. The van der Waals surface area contributed by atoms with Gasteiger partial charge in [-0.1, -0.05) is 32.9 Å². The van der Waals surface area contributed by atoms with Crippen molar-refractivity contribution in [2.45, 2.75) is 46.3 Å². The topological polar surface area (TPSA) is 81.4 Å². The lowest BCUT2D eigenvalue weighted by atomic mass is 9.45. The second-order valence-electron chi connectivity index (χ2n) is 7.81. The van der Waals surface area contributed by atoms with Gasteiger partial charge in [-0.2, -0.15) is 0 Å². The van der Waals surface area contributed by atoms with E-state index in [1.165, 1.54) is 6.42 Å². The van der Waals surface area contributed by atoms with Crippen LogP contribution in [0.2, 0.25) is 0 Å². The van der Waals surface area contributed by atoms with Crippen LogP contribution in [0.5, 0.6) is 0 Å². The van der Waals surface area contributed by atoms with Gasteiger partial charge >= 0.3 is 12.0 Å². The Morgan fingerprint density at radius 1 is 1.25 bits per heavy atom. The fraction of sp³-hybridized carbons (Fsp3) is 0.579. The molecule has 130 valence electrons. The Hall–Kier alpha value is -2.04. The molecule has 4 atom stereocenters. The van der Waals surface area contributed by atoms with Gasteiger partial charge in [-0.3, -0.25) is 0 Å². The number of urea groups is 1. The van der Waals surface area contributed by atoms with Crippen molar-refractivity contribution in [1.82, 2.24) is 5.32 Å². The maximum absolute atomic E-state index is 12.4. The lowest BCUT2D eigenvalue weighted by Gasteiger charge is -2.61. The van der Waals surface area contributed by atoms with E-state index in [1.54, 1.807) is 24.3 Å². The minimum absolute atomic E-state index is 0.0190. The van der Waals surface area contributed by atoms with Gasteiger partial charge in [0.2, 0.25) is 0 Å². The molecule has 0 aliphatic heterocycles. The monoisotopic (exact) mass is 330 g/mol. The molecule has 0 radical (unpaired) electrons. The molecule has 4 unspecified atom stereocenters. The van der Waals surface area contributed by atoms with Crippen LogP contribution in [0.15, 0.2) is 24.3 Å². The molecule has 3 N–H and O–H groups in total. The zero-order valence-electron chi connectivity index (χ0n) is 14.5. The highest BCUT2D eigenvalue weighted by Gasteiger charge is 2.57. The summed E-state index contributed by atoms with van der Waals surface area (Å²) in [6, 6.07) is 6.51. The Morgan fingerprint density at radius 3 is 2.46 bits per heavy atom. The van der Waals surface area contributed by atoms with Crippen molar-refractivity contribution in [3.05, 3.63) is 35.4 Å². The summed E-state index contributed by atoms with van der Waals surface area (Å²) in [7, 11) is 0. The van der Waals surface area contributed by atoms with Crippen molar-refractivity contribution < 1.29 is 14.3 Å². The maximum atomic E-state index is 12.4. The fourth-order valence-electron chi connectivity index (χ4n) is 4.41. The molecule has 2 amide bonds. The average Bonchev–Trinajstić information content (AvgIpc) is 2.54. The summed E-state index contributed by atoms with van der Waals surface area (Å²) in [5.41, 5.74) is 6.86. The minimum atomic E-state index is -0.564. The molecule has 1 aromatic carbocycles. The number of benzene rings is 1. The van der Waals surface area contributed by atoms with Gasteiger partial charge in [-0.15, -0.1) is 0 Å². The maximum Gasteiger partial charge on any atom is 0.338 e. The molecule has 1 aromatic rings. The normalized spacial score (nSPS) is 30.1. The molecule has 3 aliphatic carbocycles. The lowest BCUT2D eigenvalue weighted by molar-refractivity contribution is -0.156. The Balaban J connectivity index is 1.58. The summed E-state index contributed by atoms with van der Waals surface area (Å²) >= 11 is 0. The van der Waals surface area contributed by atoms with E-state index in [4.69, 9.17) is 10.5 Å². The first kappa shape index (κ1) is 16.8. The predicted octanol–water partition coefficient (Wildman–Crippen LogP) is 3.08. The Morgan fingerprint density at radius 2 is 1.92 bits per heavy atom. The molecule has 2 bridgehead atoms. The summed E-state index contributed by atoms with van der Waals surface area (Å²) in [6.07, 6.45) is 2.26. The van der Waals surface area contributed by atoms with Crippen LogP contribution in [0.1, 0.15) is 49.5 Å². The molecule has 3 aliphatic rings. The first-order valence-corrected chi connectivity index (χ1v) is 8.62. The first-order valence-electron chi connectivity index (χ1n) is 8.62. The van der Waals surface area contributed by atoms with Gasteiger partial charge < -0.3 is 15.8 Å². The van der Waals surface area contributed by atoms with Crippen LogP contribution in [0.25, 0.3) is 0 Å². The van der Waals surface area contributed by atoms with E-state index in [9.17, 15) is 9.59 Å². The molecule has 4 rings (SSSR count). The second kappa shape index (κ2) is 6.11. The molecule has 3 fully saturated rings. The van der Waals surface area contributed by atoms with Crippen LogP contribution in [-0.4, -0.2) is 18.1 Å². The molecule has 3 saturated carbocycles. The van der Waals surface area contributed by atoms with Gasteiger partial charge in [0, 0.05) is 6.54 Å². The van der Waals surface area contributed by atoms with Gasteiger partial charge in [0.25, 0.3) is 0 Å². The van der Waals surface area contributed by atoms with Crippen LogP contribution < -0.4 is 11.1 Å². The highest BCUT2D eigenvalue weighted by Crippen LogP contribution is 2.61. The van der Waals surface area contributed by atoms with Gasteiger partial charge in [-0.25, -0.2) is 9.59 Å². The minimum Gasteiger partial charge on any atom is -0.458 e. The fourth-order valence-corrected chi connectivity index (χ4v) is 4.41. The molecule has 5 nitrogen and oxygen atoms in total. The van der Waals surface area contributed by atoms with E-state index in [2.05, 4.69) is 26.1 Å². The van der Waals surface area contributed by atoms with E-state index < -0.39 is 6.03 Å². The quantitative estimate of drug-likeness (QED) is 0.832. The summed E-state index contributed by atoms with van der Waals surface area (Å²) in [5, 5.41) is 2.52. The van der Waals surface area contributed by atoms with Crippen LogP contribution in [0.3, 0.4) is 0 Å². The number of rotatable bonds is 4. The van der Waals surface area contributed by atoms with Crippen LogP contribution in [0, 0.1) is 23.2 Å². The third kappa shape index (κ3) is 2.99. The van der Waals surface area contributed by atoms with E-state index in [0.29, 0.717) is 35.3 Å². The third-order valence-corrected chi connectivity index (χ3v) is 6.20. The molecule has 24 heavy (non-hydrogen) atoms. The average molecular weight is 330 g/mol. The highest BCUT2D eigenvalue weighted by molar-refractivity contribution is 5.89. The highest BCUT2D eigenvalue weighted by atomic mass is 16.5. The second-order valence-corrected chi connectivity index (χ2v) is 7.81. The van der Waals surface area contributed by atoms with Gasteiger partial charge in [0.05, 0.1) is 5.56 Å². The third-order valence-electron chi connectivity index (χ3n) is 6.20. The number of hydrogen-bond donors (Lipinski definition) is 2. The van der Waals surface area contributed by atoms with E-state index in [0.717, 1.165) is 12.0 Å². The largest absolute Gasteiger partial charge is 0.458 e. The van der Waals surface area contributed by atoms with Crippen molar-refractivity contribution in [1.29, 1.82) is 0 Å². The summed E-state index contributed by atoms with van der Waals surface area (Å²) in [6.45, 7) is 7.22. The van der Waals surface area contributed by atoms with E-state index in [1.807, 2.05) is 0 Å².